The van der Waals surface area contributed by atoms with Gasteiger partial charge in [-0.1, -0.05) is 18.2 Å². The van der Waals surface area contributed by atoms with Crippen molar-refractivity contribution in [3.63, 3.8) is 0 Å². The Hall–Kier alpha value is -3.47. The van der Waals surface area contributed by atoms with E-state index in [2.05, 4.69) is 20.6 Å². The Bertz CT molecular complexity index is 1130. The molecule has 2 heterocycles. The van der Waals surface area contributed by atoms with Gasteiger partial charge < -0.3 is 30.2 Å². The average molecular weight is 453 g/mol. The first kappa shape index (κ1) is 22.7. The third kappa shape index (κ3) is 4.82. The van der Waals surface area contributed by atoms with Gasteiger partial charge in [-0.15, -0.1) is 0 Å². The third-order valence-corrected chi connectivity index (χ3v) is 5.73. The van der Waals surface area contributed by atoms with Gasteiger partial charge in [-0.3, -0.25) is 14.9 Å². The normalized spacial score (nSPS) is 17.8. The van der Waals surface area contributed by atoms with Crippen LogP contribution in [-0.4, -0.2) is 63.8 Å². The van der Waals surface area contributed by atoms with Gasteiger partial charge in [-0.05, 0) is 35.4 Å². The molecule has 3 aromatic rings. The molecule has 5 N–H and O–H groups in total. The van der Waals surface area contributed by atoms with Crippen molar-refractivity contribution in [2.75, 3.05) is 26.1 Å². The van der Waals surface area contributed by atoms with Crippen LogP contribution in [0.25, 0.3) is 11.0 Å². The number of hydrogen-bond donors (Lipinski definition) is 5. The van der Waals surface area contributed by atoms with Crippen LogP contribution in [0.5, 0.6) is 0 Å². The number of benzene rings is 2. The number of esters is 1. The van der Waals surface area contributed by atoms with Gasteiger partial charge in [0.1, 0.15) is 18.1 Å². The molecule has 174 valence electrons. The van der Waals surface area contributed by atoms with Crippen molar-refractivity contribution in [2.24, 2.45) is 0 Å². The van der Waals surface area contributed by atoms with E-state index >= 15 is 0 Å². The van der Waals surface area contributed by atoms with Gasteiger partial charge in [0.05, 0.1) is 37.2 Å². The minimum Gasteiger partial charge on any atom is -0.469 e. The molecule has 0 aliphatic carbocycles. The van der Waals surface area contributed by atoms with Crippen LogP contribution in [0, 0.1) is 0 Å². The fraction of sp³-hybridized carbons (Fsp3) is 0.348. The average Bonchev–Trinajstić information content (AvgIpc) is 3.21. The van der Waals surface area contributed by atoms with E-state index < -0.39 is 24.3 Å². The molecule has 1 amide bonds. The molecule has 0 spiro atoms. The van der Waals surface area contributed by atoms with Crippen LogP contribution in [0.15, 0.2) is 42.5 Å². The molecule has 4 rings (SSSR count). The minimum atomic E-state index is -1.09. The van der Waals surface area contributed by atoms with Gasteiger partial charge in [-0.2, -0.15) is 0 Å². The molecule has 0 radical (unpaired) electrons. The van der Waals surface area contributed by atoms with Gasteiger partial charge in [0, 0.05) is 19.3 Å². The van der Waals surface area contributed by atoms with Crippen LogP contribution < -0.4 is 10.6 Å². The molecule has 2 aromatic carbocycles. The number of imidazole rings is 1. The quantitative estimate of drug-likeness (QED) is 0.266. The first-order valence-corrected chi connectivity index (χ1v) is 10.6. The highest BCUT2D eigenvalue weighted by molar-refractivity contribution is 5.90. The number of fused-ring (bicyclic) bond motifs is 2. The molecule has 1 aliphatic rings. The third-order valence-electron chi connectivity index (χ3n) is 5.73. The lowest BCUT2D eigenvalue weighted by Crippen LogP contribution is -2.39. The summed E-state index contributed by atoms with van der Waals surface area (Å²) >= 11 is 0. The molecule has 10 nitrogen and oxygen atoms in total. The minimum absolute atomic E-state index is 0.0826. The summed E-state index contributed by atoms with van der Waals surface area (Å²) < 4.78 is 4.70. The summed E-state index contributed by atoms with van der Waals surface area (Å²) in [6.45, 7) is 0.0439. The first-order valence-electron chi connectivity index (χ1n) is 10.6. The fourth-order valence-corrected chi connectivity index (χ4v) is 3.94. The number of carbonyl (C=O) groups excluding carboxylic acids is 2. The topological polar surface area (TPSA) is 140 Å². The van der Waals surface area contributed by atoms with Crippen LogP contribution in [0.2, 0.25) is 0 Å². The number of aliphatic hydroxyl groups is 2. The zero-order valence-electron chi connectivity index (χ0n) is 18.4. The lowest BCUT2D eigenvalue weighted by atomic mass is 10.1. The number of aromatic amines is 1. The number of hydrogen-bond acceptors (Lipinski definition) is 8. The van der Waals surface area contributed by atoms with Crippen molar-refractivity contribution in [1.29, 1.82) is 0 Å². The molecule has 10 heteroatoms. The number of aliphatic hydroxyl groups excluding tert-OH is 2. The Balaban J connectivity index is 1.53. The van der Waals surface area contributed by atoms with E-state index in [1.165, 1.54) is 12.0 Å². The summed E-state index contributed by atoms with van der Waals surface area (Å²) in [5.41, 5.74) is 3.67. The number of H-pyrrole nitrogens is 1. The number of nitrogens with one attached hydrogen (secondary N) is 3. The second kappa shape index (κ2) is 9.57. The Morgan fingerprint density at radius 1 is 1.33 bits per heavy atom. The molecular weight excluding hydrogens is 426 g/mol. The second-order valence-corrected chi connectivity index (χ2v) is 8.03. The first-order chi connectivity index (χ1) is 15.9. The van der Waals surface area contributed by atoms with E-state index in [0.29, 0.717) is 23.6 Å². The monoisotopic (exact) mass is 453 g/mol. The predicted octanol–water partition coefficient (Wildman–Crippen LogP) is 1.19. The van der Waals surface area contributed by atoms with Crippen molar-refractivity contribution >= 4 is 28.6 Å². The number of nitrogens with zero attached hydrogens (tertiary/aromatic N) is 2. The molecule has 1 aromatic heterocycles. The van der Waals surface area contributed by atoms with Crippen molar-refractivity contribution in [1.82, 2.24) is 20.2 Å². The number of ether oxygens (including phenoxy) is 1. The highest BCUT2D eigenvalue weighted by Crippen LogP contribution is 2.27. The molecular formula is C23H27N5O5. The van der Waals surface area contributed by atoms with Gasteiger partial charge >= 0.3 is 5.97 Å². The van der Waals surface area contributed by atoms with Crippen LogP contribution in [0.3, 0.4) is 0 Å². The molecule has 0 saturated heterocycles. The van der Waals surface area contributed by atoms with Crippen molar-refractivity contribution < 1.29 is 24.5 Å². The largest absolute Gasteiger partial charge is 0.469 e. The lowest BCUT2D eigenvalue weighted by molar-refractivity contribution is -0.143. The molecule has 0 bridgehead atoms. The maximum Gasteiger partial charge on any atom is 0.308 e. The van der Waals surface area contributed by atoms with Crippen LogP contribution in [-0.2, 0) is 20.9 Å². The standard InChI is InChI=1S/C23H27N5O5/c1-28-11-14-9-13(7-8-15(14)24-18(23(28)32)10-20(30)33-2)22(31)27-19(12-29)21-25-16-5-3-4-6-17(16)26-21/h3-9,18-19,22,24,27,29,31H,10-12H2,1-2H3,(H,25,26). The number of carbonyl (C=O) groups is 2. The van der Waals surface area contributed by atoms with Crippen LogP contribution in [0.1, 0.15) is 35.6 Å². The predicted molar refractivity (Wildman–Crippen MR) is 121 cm³/mol. The Morgan fingerprint density at radius 2 is 2.12 bits per heavy atom. The van der Waals surface area contributed by atoms with E-state index in [4.69, 9.17) is 4.74 Å². The van der Waals surface area contributed by atoms with E-state index in [1.807, 2.05) is 24.3 Å². The van der Waals surface area contributed by atoms with Crippen molar-refractivity contribution in [2.45, 2.75) is 31.3 Å². The van der Waals surface area contributed by atoms with E-state index in [-0.39, 0.29) is 18.9 Å². The van der Waals surface area contributed by atoms with Gasteiger partial charge in [0.2, 0.25) is 5.91 Å². The number of anilines is 1. The van der Waals surface area contributed by atoms with E-state index in [9.17, 15) is 19.8 Å². The Labute approximate surface area is 190 Å². The smallest absolute Gasteiger partial charge is 0.308 e. The van der Waals surface area contributed by atoms with E-state index in [1.54, 1.807) is 25.2 Å². The van der Waals surface area contributed by atoms with Crippen LogP contribution >= 0.6 is 0 Å². The highest BCUT2D eigenvalue weighted by Gasteiger charge is 2.30. The Kier molecular flexibility index (Phi) is 6.59. The van der Waals surface area contributed by atoms with E-state index in [0.717, 1.165) is 16.6 Å². The summed E-state index contributed by atoms with van der Waals surface area (Å²) in [4.78, 5) is 33.5. The molecule has 3 atom stereocenters. The number of para-hydroxylation sites is 2. The number of methoxy groups -OCH3 is 1. The zero-order chi connectivity index (χ0) is 23.5. The number of rotatable bonds is 7. The van der Waals surface area contributed by atoms with Crippen molar-refractivity contribution in [3.8, 4) is 0 Å². The summed E-state index contributed by atoms with van der Waals surface area (Å²) in [6.07, 6.45) is -1.17. The lowest BCUT2D eigenvalue weighted by Gasteiger charge is -2.21. The molecule has 3 unspecified atom stereocenters. The maximum atomic E-state index is 12.7. The number of amides is 1. The molecule has 0 fully saturated rings. The van der Waals surface area contributed by atoms with Gasteiger partial charge in [0.15, 0.2) is 0 Å². The summed E-state index contributed by atoms with van der Waals surface area (Å²) in [5.74, 6) is -0.179. The van der Waals surface area contributed by atoms with Crippen molar-refractivity contribution in [3.05, 3.63) is 59.4 Å². The van der Waals surface area contributed by atoms with Gasteiger partial charge in [-0.25, -0.2) is 4.98 Å². The summed E-state index contributed by atoms with van der Waals surface area (Å²) in [5, 5.41) is 26.8. The summed E-state index contributed by atoms with van der Waals surface area (Å²) in [7, 11) is 2.95. The highest BCUT2D eigenvalue weighted by atomic mass is 16.5. The summed E-state index contributed by atoms with van der Waals surface area (Å²) in [6, 6.07) is 11.5. The molecule has 0 saturated carbocycles. The number of likely N-dealkylation sites (N-methyl/N-ethyl adjacent to an activating group) is 1. The molecule has 1 aliphatic heterocycles. The second-order valence-electron chi connectivity index (χ2n) is 8.03. The fourth-order valence-electron chi connectivity index (χ4n) is 3.94. The Morgan fingerprint density at radius 3 is 2.85 bits per heavy atom. The van der Waals surface area contributed by atoms with Crippen LogP contribution in [0.4, 0.5) is 5.69 Å². The molecule has 33 heavy (non-hydrogen) atoms. The number of aromatic nitrogens is 2. The SMILES string of the molecule is COC(=O)CC1Nc2ccc(C(O)NC(CO)c3nc4ccccc4[nH]3)cc2CN(C)C1=O. The zero-order valence-corrected chi connectivity index (χ0v) is 18.4. The van der Waals surface area contributed by atoms with Gasteiger partial charge in [0.25, 0.3) is 0 Å². The maximum absolute atomic E-state index is 12.7.